The molecule has 0 atom stereocenters. The number of nitrogens with zero attached hydrogens (tertiary/aromatic N) is 5. The van der Waals surface area contributed by atoms with E-state index in [1.807, 2.05) is 25.3 Å². The van der Waals surface area contributed by atoms with Gasteiger partial charge in [-0.05, 0) is 70.7 Å². The normalized spacial score (nSPS) is 17.6. The lowest BCUT2D eigenvalue weighted by Gasteiger charge is -2.34. The van der Waals surface area contributed by atoms with Gasteiger partial charge in [0.1, 0.15) is 5.52 Å². The van der Waals surface area contributed by atoms with Gasteiger partial charge in [-0.25, -0.2) is 4.98 Å². The number of hydrogen-bond donors (Lipinski definition) is 1. The number of hydrogen-bond acceptors (Lipinski definition) is 5. The lowest BCUT2D eigenvalue weighted by atomic mass is 10.1. The Kier molecular flexibility index (Phi) is 8.66. The van der Waals surface area contributed by atoms with Gasteiger partial charge in [0.05, 0.1) is 17.5 Å². The molecule has 1 N–H and O–H groups in total. The third-order valence-electron chi connectivity index (χ3n) is 5.66. The summed E-state index contributed by atoms with van der Waals surface area (Å²) in [5, 5.41) is 0. The van der Waals surface area contributed by atoms with Gasteiger partial charge in [0.25, 0.3) is 0 Å². The predicted octanol–water partition coefficient (Wildman–Crippen LogP) is 3.81. The summed E-state index contributed by atoms with van der Waals surface area (Å²) in [5.74, 6) is 0. The molecule has 0 bridgehead atoms. The van der Waals surface area contributed by atoms with Gasteiger partial charge in [0.2, 0.25) is 0 Å². The third-order valence-corrected chi connectivity index (χ3v) is 5.66. The Morgan fingerprint density at radius 3 is 2.13 bits per heavy atom. The highest BCUT2D eigenvalue weighted by Crippen LogP contribution is 2.24. The summed E-state index contributed by atoms with van der Waals surface area (Å²) in [7, 11) is 4.37. The van der Waals surface area contributed by atoms with Crippen LogP contribution < -0.4 is 4.90 Å². The molecular weight excluding hydrogens is 372 g/mol. The first-order valence-corrected chi connectivity index (χ1v) is 11.0. The predicted molar refractivity (Wildman–Crippen MR) is 126 cm³/mol. The van der Waals surface area contributed by atoms with Gasteiger partial charge in [-0.2, -0.15) is 0 Å². The molecule has 0 saturated carbocycles. The Labute approximate surface area is 180 Å². The van der Waals surface area contributed by atoms with Gasteiger partial charge >= 0.3 is 0 Å². The highest BCUT2D eigenvalue weighted by Gasteiger charge is 2.16. The van der Waals surface area contributed by atoms with Crippen molar-refractivity contribution in [1.82, 2.24) is 24.8 Å². The van der Waals surface area contributed by atoms with Crippen LogP contribution in [0.3, 0.4) is 0 Å². The van der Waals surface area contributed by atoms with Crippen LogP contribution in [0.1, 0.15) is 24.8 Å². The van der Waals surface area contributed by atoms with Crippen LogP contribution in [0.15, 0.2) is 49.1 Å². The third kappa shape index (κ3) is 6.82. The highest BCUT2D eigenvalue weighted by molar-refractivity contribution is 5.88. The molecule has 5 rings (SSSR count). The largest absolute Gasteiger partial charge is 0.367 e. The number of aryl methyl sites for hydroxylation is 1. The maximum absolute atomic E-state index is 4.40. The van der Waals surface area contributed by atoms with E-state index in [0.29, 0.717) is 0 Å². The number of benzene rings is 1. The van der Waals surface area contributed by atoms with E-state index in [9.17, 15) is 0 Å². The molecule has 6 nitrogen and oxygen atoms in total. The molecule has 2 aromatic heterocycles. The standard InChI is InChI=1S/C12H16N4.C6H7N.C6H13N/c1-15-5-7-16(8-6-15)11-4-2-3-10-12(11)14-9-13-10;1-6-3-2-4-7-5-6;1-7-5-3-2-4-6-7/h2-4,9H,5-8H2,1H3,(H,13,14);2-5H,1H3;2-6H2,1H3. The van der Waals surface area contributed by atoms with E-state index in [-0.39, 0.29) is 0 Å². The molecule has 162 valence electrons. The number of piperidine rings is 1. The minimum Gasteiger partial charge on any atom is -0.367 e. The van der Waals surface area contributed by atoms with E-state index in [4.69, 9.17) is 0 Å². The molecule has 0 spiro atoms. The molecule has 0 amide bonds. The summed E-state index contributed by atoms with van der Waals surface area (Å²) in [5.41, 5.74) is 4.68. The van der Waals surface area contributed by atoms with E-state index in [1.165, 1.54) is 43.6 Å². The van der Waals surface area contributed by atoms with Crippen molar-refractivity contribution < 1.29 is 0 Å². The second kappa shape index (κ2) is 11.7. The number of aromatic nitrogens is 3. The van der Waals surface area contributed by atoms with Crippen LogP contribution in [0.2, 0.25) is 0 Å². The topological polar surface area (TPSA) is 51.3 Å². The van der Waals surface area contributed by atoms with Crippen molar-refractivity contribution in [3.63, 3.8) is 0 Å². The van der Waals surface area contributed by atoms with Gasteiger partial charge in [-0.3, -0.25) is 4.98 Å². The van der Waals surface area contributed by atoms with Gasteiger partial charge in [0, 0.05) is 38.6 Å². The molecule has 1 aromatic carbocycles. The van der Waals surface area contributed by atoms with Crippen molar-refractivity contribution in [2.24, 2.45) is 0 Å². The number of rotatable bonds is 1. The average Bonchev–Trinajstić information content (AvgIpc) is 3.26. The zero-order valence-electron chi connectivity index (χ0n) is 18.7. The average molecular weight is 409 g/mol. The van der Waals surface area contributed by atoms with Crippen molar-refractivity contribution in [3.8, 4) is 0 Å². The lowest BCUT2D eigenvalue weighted by Crippen LogP contribution is -2.44. The van der Waals surface area contributed by atoms with E-state index < -0.39 is 0 Å². The number of piperazine rings is 1. The zero-order valence-corrected chi connectivity index (χ0v) is 18.7. The van der Waals surface area contributed by atoms with Crippen molar-refractivity contribution in [2.45, 2.75) is 26.2 Å². The molecule has 4 heterocycles. The molecule has 0 radical (unpaired) electrons. The second-order valence-corrected chi connectivity index (χ2v) is 8.26. The van der Waals surface area contributed by atoms with E-state index in [1.54, 1.807) is 12.5 Å². The summed E-state index contributed by atoms with van der Waals surface area (Å²) in [4.78, 5) is 18.6. The minimum atomic E-state index is 1.09. The fourth-order valence-corrected chi connectivity index (χ4v) is 3.75. The smallest absolute Gasteiger partial charge is 0.112 e. The molecular formula is C24H36N6. The number of nitrogens with one attached hydrogen (secondary N) is 1. The molecule has 2 aliphatic heterocycles. The number of pyridine rings is 1. The SMILES string of the molecule is CN1CCCCC1.CN1CCN(c2cccc3[nH]cnc23)CC1.Cc1cccnc1. The fraction of sp³-hybridized carbons (Fsp3) is 0.500. The Bertz CT molecular complexity index is 848. The number of likely N-dealkylation sites (N-methyl/N-ethyl adjacent to an activating group) is 1. The molecule has 6 heteroatoms. The summed E-state index contributed by atoms with van der Waals surface area (Å²) in [6.45, 7) is 9.08. The first kappa shape index (κ1) is 22.2. The maximum atomic E-state index is 4.40. The maximum Gasteiger partial charge on any atom is 0.112 e. The Hall–Kier alpha value is -2.44. The first-order chi connectivity index (χ1) is 14.6. The quantitative estimate of drug-likeness (QED) is 0.664. The summed E-state index contributed by atoms with van der Waals surface area (Å²) in [6, 6.07) is 10.3. The molecule has 2 aliphatic rings. The number of likely N-dealkylation sites (tertiary alicyclic amines) is 1. The van der Waals surface area contributed by atoms with Crippen LogP contribution in [-0.2, 0) is 0 Å². The zero-order chi connectivity index (χ0) is 21.2. The van der Waals surface area contributed by atoms with Gasteiger partial charge < -0.3 is 19.7 Å². The molecule has 0 aliphatic carbocycles. The van der Waals surface area contributed by atoms with Crippen molar-refractivity contribution in [1.29, 1.82) is 0 Å². The van der Waals surface area contributed by atoms with Gasteiger partial charge in [-0.15, -0.1) is 0 Å². The number of anilines is 1. The number of para-hydroxylation sites is 1. The lowest BCUT2D eigenvalue weighted by molar-refractivity contribution is 0.277. The molecule has 3 aromatic rings. The summed E-state index contributed by atoms with van der Waals surface area (Å²) < 4.78 is 0. The van der Waals surface area contributed by atoms with E-state index in [0.717, 1.165) is 37.2 Å². The molecule has 2 fully saturated rings. The Balaban J connectivity index is 0.000000152. The molecule has 2 saturated heterocycles. The fourth-order valence-electron chi connectivity index (χ4n) is 3.75. The molecule has 30 heavy (non-hydrogen) atoms. The monoisotopic (exact) mass is 408 g/mol. The van der Waals surface area contributed by atoms with E-state index >= 15 is 0 Å². The van der Waals surface area contributed by atoms with E-state index in [2.05, 4.69) is 61.9 Å². The molecule has 0 unspecified atom stereocenters. The van der Waals surface area contributed by atoms with Gasteiger partial charge in [-0.1, -0.05) is 18.6 Å². The first-order valence-electron chi connectivity index (χ1n) is 11.0. The van der Waals surface area contributed by atoms with Crippen molar-refractivity contribution in [3.05, 3.63) is 54.6 Å². The minimum absolute atomic E-state index is 1.09. The second-order valence-electron chi connectivity index (χ2n) is 8.26. The summed E-state index contributed by atoms with van der Waals surface area (Å²) >= 11 is 0. The summed E-state index contributed by atoms with van der Waals surface area (Å²) in [6.07, 6.45) is 9.65. The highest BCUT2D eigenvalue weighted by atomic mass is 15.3. The number of H-pyrrole nitrogens is 1. The van der Waals surface area contributed by atoms with Crippen molar-refractivity contribution >= 4 is 16.7 Å². The Morgan fingerprint density at radius 1 is 0.833 bits per heavy atom. The van der Waals surface area contributed by atoms with Crippen LogP contribution in [0.5, 0.6) is 0 Å². The number of imidazole rings is 1. The van der Waals surface area contributed by atoms with Crippen LogP contribution in [0, 0.1) is 6.92 Å². The number of fused-ring (bicyclic) bond motifs is 1. The van der Waals surface area contributed by atoms with Crippen LogP contribution in [0.4, 0.5) is 5.69 Å². The van der Waals surface area contributed by atoms with Crippen LogP contribution >= 0.6 is 0 Å². The van der Waals surface area contributed by atoms with Crippen molar-refractivity contribution in [2.75, 3.05) is 58.3 Å². The Morgan fingerprint density at radius 2 is 1.57 bits per heavy atom. The van der Waals surface area contributed by atoms with Gasteiger partial charge in [0.15, 0.2) is 0 Å². The van der Waals surface area contributed by atoms with Crippen LogP contribution in [-0.4, -0.2) is 78.1 Å². The number of aromatic amines is 1. The van der Waals surface area contributed by atoms with Crippen LogP contribution in [0.25, 0.3) is 11.0 Å².